The van der Waals surface area contributed by atoms with Crippen LogP contribution in [0.15, 0.2) is 47.1 Å². The van der Waals surface area contributed by atoms with E-state index >= 15 is 0 Å². The molecular weight excluding hydrogens is 278 g/mol. The molecule has 4 rings (SSSR count). The van der Waals surface area contributed by atoms with Gasteiger partial charge in [-0.2, -0.15) is 4.98 Å². The molecule has 0 unspecified atom stereocenters. The molecule has 0 radical (unpaired) electrons. The summed E-state index contributed by atoms with van der Waals surface area (Å²) >= 11 is 0. The molecule has 0 spiro atoms. The summed E-state index contributed by atoms with van der Waals surface area (Å²) in [6.07, 6.45) is 2.78. The fourth-order valence-corrected chi connectivity index (χ4v) is 2.68. The molecule has 0 aliphatic carbocycles. The molecule has 6 nitrogen and oxygen atoms in total. The van der Waals surface area contributed by atoms with Crippen LogP contribution in [0.5, 0.6) is 0 Å². The summed E-state index contributed by atoms with van der Waals surface area (Å²) in [6, 6.07) is 12.1. The lowest BCUT2D eigenvalue weighted by Crippen LogP contribution is -2.15. The van der Waals surface area contributed by atoms with Gasteiger partial charge in [0.15, 0.2) is 5.82 Å². The van der Waals surface area contributed by atoms with Crippen molar-refractivity contribution in [2.75, 3.05) is 16.8 Å². The zero-order valence-electron chi connectivity index (χ0n) is 12.2. The normalized spacial score (nSPS) is 13.2. The zero-order valence-corrected chi connectivity index (χ0v) is 12.2. The van der Waals surface area contributed by atoms with Crippen LogP contribution in [-0.2, 0) is 6.42 Å². The number of nitrogens with zero attached hydrogens (tertiary/aromatic N) is 4. The van der Waals surface area contributed by atoms with Gasteiger partial charge in [-0.15, -0.1) is 0 Å². The van der Waals surface area contributed by atoms with Gasteiger partial charge < -0.3 is 14.7 Å². The summed E-state index contributed by atoms with van der Waals surface area (Å²) in [4.78, 5) is 11.0. The van der Waals surface area contributed by atoms with Crippen molar-refractivity contribution in [2.45, 2.75) is 13.3 Å². The minimum Gasteiger partial charge on any atom is -0.360 e. The van der Waals surface area contributed by atoms with Gasteiger partial charge in [-0.05, 0) is 31.0 Å². The number of nitrogens with one attached hydrogen (secondary N) is 1. The van der Waals surface area contributed by atoms with Crippen LogP contribution < -0.4 is 10.2 Å². The number of hydrogen-bond acceptors (Lipinski definition) is 6. The lowest BCUT2D eigenvalue weighted by atomic mass is 10.2. The third-order valence-corrected chi connectivity index (χ3v) is 3.67. The maximum atomic E-state index is 5.03. The Morgan fingerprint density at radius 1 is 1.23 bits per heavy atom. The fraction of sp³-hybridized carbons (Fsp3) is 0.188. The van der Waals surface area contributed by atoms with Crippen LogP contribution in [0.2, 0.25) is 0 Å². The largest absolute Gasteiger partial charge is 0.360 e. The van der Waals surface area contributed by atoms with Gasteiger partial charge in [-0.25, -0.2) is 4.98 Å². The van der Waals surface area contributed by atoms with E-state index in [0.29, 0.717) is 11.8 Å². The Morgan fingerprint density at radius 3 is 3.00 bits per heavy atom. The lowest BCUT2D eigenvalue weighted by molar-refractivity contribution is 0.400. The molecular formula is C16H15N5O. The van der Waals surface area contributed by atoms with Crippen molar-refractivity contribution in [3.05, 3.63) is 53.9 Å². The average Bonchev–Trinajstić information content (AvgIpc) is 3.14. The van der Waals surface area contributed by atoms with E-state index in [-0.39, 0.29) is 0 Å². The molecule has 1 aromatic carbocycles. The molecule has 0 fully saturated rings. The summed E-state index contributed by atoms with van der Waals surface area (Å²) in [5.74, 6) is 2.74. The molecule has 0 saturated carbocycles. The molecule has 1 aliphatic rings. The van der Waals surface area contributed by atoms with Gasteiger partial charge in [0.1, 0.15) is 11.6 Å². The first-order chi connectivity index (χ1) is 10.8. The van der Waals surface area contributed by atoms with E-state index in [0.717, 1.165) is 24.5 Å². The SMILES string of the molecule is Cc1cc(Nc2nccc(N3CCc4ccccc43)n2)no1. The third-order valence-electron chi connectivity index (χ3n) is 3.67. The maximum Gasteiger partial charge on any atom is 0.230 e. The number of aromatic nitrogens is 3. The first kappa shape index (κ1) is 12.8. The molecule has 0 atom stereocenters. The number of benzene rings is 1. The Balaban J connectivity index is 1.63. The predicted octanol–water partition coefficient (Wildman–Crippen LogP) is 3.21. The van der Waals surface area contributed by atoms with Gasteiger partial charge in [0, 0.05) is 24.5 Å². The maximum absolute atomic E-state index is 5.03. The molecule has 3 aromatic rings. The zero-order chi connectivity index (χ0) is 14.9. The van der Waals surface area contributed by atoms with Crippen LogP contribution in [0.25, 0.3) is 0 Å². The van der Waals surface area contributed by atoms with Crippen LogP contribution in [0.3, 0.4) is 0 Å². The van der Waals surface area contributed by atoms with Crippen LogP contribution >= 0.6 is 0 Å². The number of fused-ring (bicyclic) bond motifs is 1. The van der Waals surface area contributed by atoms with Crippen LogP contribution in [-0.4, -0.2) is 21.7 Å². The predicted molar refractivity (Wildman–Crippen MR) is 83.7 cm³/mol. The second kappa shape index (κ2) is 5.14. The van der Waals surface area contributed by atoms with E-state index in [1.54, 1.807) is 12.3 Å². The number of anilines is 4. The van der Waals surface area contributed by atoms with E-state index in [2.05, 4.69) is 49.6 Å². The summed E-state index contributed by atoms with van der Waals surface area (Å²) in [5.41, 5.74) is 2.56. The second-order valence-corrected chi connectivity index (χ2v) is 5.22. The smallest absolute Gasteiger partial charge is 0.230 e. The monoisotopic (exact) mass is 293 g/mol. The van der Waals surface area contributed by atoms with Crippen molar-refractivity contribution in [2.24, 2.45) is 0 Å². The van der Waals surface area contributed by atoms with Gasteiger partial charge in [0.2, 0.25) is 5.95 Å². The lowest BCUT2D eigenvalue weighted by Gasteiger charge is -2.18. The topological polar surface area (TPSA) is 67.1 Å². The van der Waals surface area contributed by atoms with Crippen molar-refractivity contribution in [3.63, 3.8) is 0 Å². The number of rotatable bonds is 3. The second-order valence-electron chi connectivity index (χ2n) is 5.22. The van der Waals surface area contributed by atoms with Crippen molar-refractivity contribution in [1.29, 1.82) is 0 Å². The number of para-hydroxylation sites is 1. The molecule has 2 aromatic heterocycles. The van der Waals surface area contributed by atoms with E-state index in [1.165, 1.54) is 11.3 Å². The van der Waals surface area contributed by atoms with Crippen molar-refractivity contribution in [1.82, 2.24) is 15.1 Å². The quantitative estimate of drug-likeness (QED) is 0.799. The highest BCUT2D eigenvalue weighted by molar-refractivity contribution is 5.68. The first-order valence-corrected chi connectivity index (χ1v) is 7.18. The highest BCUT2D eigenvalue weighted by atomic mass is 16.5. The Hall–Kier alpha value is -2.89. The molecule has 22 heavy (non-hydrogen) atoms. The fourth-order valence-electron chi connectivity index (χ4n) is 2.68. The van der Waals surface area contributed by atoms with E-state index in [4.69, 9.17) is 4.52 Å². The highest BCUT2D eigenvalue weighted by Gasteiger charge is 2.21. The summed E-state index contributed by atoms with van der Waals surface area (Å²) < 4.78 is 5.03. The van der Waals surface area contributed by atoms with Gasteiger partial charge in [-0.1, -0.05) is 23.4 Å². The summed E-state index contributed by atoms with van der Waals surface area (Å²) in [5, 5.41) is 6.95. The Labute approximate surface area is 127 Å². The van der Waals surface area contributed by atoms with Gasteiger partial charge in [0.25, 0.3) is 0 Å². The molecule has 3 heterocycles. The van der Waals surface area contributed by atoms with Crippen LogP contribution in [0, 0.1) is 6.92 Å². The summed E-state index contributed by atoms with van der Waals surface area (Å²) in [7, 11) is 0. The van der Waals surface area contributed by atoms with Gasteiger partial charge in [-0.3, -0.25) is 0 Å². The molecule has 1 aliphatic heterocycles. The van der Waals surface area contributed by atoms with E-state index < -0.39 is 0 Å². The summed E-state index contributed by atoms with van der Waals surface area (Å²) in [6.45, 7) is 2.77. The van der Waals surface area contributed by atoms with Crippen LogP contribution in [0.1, 0.15) is 11.3 Å². The van der Waals surface area contributed by atoms with E-state index in [1.807, 2.05) is 13.0 Å². The third kappa shape index (κ3) is 2.28. The average molecular weight is 293 g/mol. The molecule has 0 saturated heterocycles. The van der Waals surface area contributed by atoms with Crippen molar-refractivity contribution >= 4 is 23.3 Å². The standard InChI is InChI=1S/C16H15N5O/c1-11-10-14(20-22-11)18-16-17-8-6-15(19-16)21-9-7-12-4-2-3-5-13(12)21/h2-6,8,10H,7,9H2,1H3,(H,17,18,19,20). The molecule has 1 N–H and O–H groups in total. The molecule has 0 amide bonds. The van der Waals surface area contributed by atoms with Crippen molar-refractivity contribution < 1.29 is 4.52 Å². The Morgan fingerprint density at radius 2 is 2.14 bits per heavy atom. The molecule has 110 valence electrons. The first-order valence-electron chi connectivity index (χ1n) is 7.18. The van der Waals surface area contributed by atoms with Crippen molar-refractivity contribution in [3.8, 4) is 0 Å². The number of aryl methyl sites for hydroxylation is 1. The highest BCUT2D eigenvalue weighted by Crippen LogP contribution is 2.33. The van der Waals surface area contributed by atoms with Gasteiger partial charge >= 0.3 is 0 Å². The minimum atomic E-state index is 0.509. The molecule has 6 heteroatoms. The Kier molecular flexibility index (Phi) is 3.00. The van der Waals surface area contributed by atoms with Gasteiger partial charge in [0.05, 0.1) is 0 Å². The van der Waals surface area contributed by atoms with E-state index in [9.17, 15) is 0 Å². The van der Waals surface area contributed by atoms with Crippen LogP contribution in [0.4, 0.5) is 23.3 Å². The number of hydrogen-bond donors (Lipinski definition) is 1. The Bertz CT molecular complexity index is 814. The molecule has 0 bridgehead atoms. The minimum absolute atomic E-state index is 0.509.